The van der Waals surface area contributed by atoms with Crippen LogP contribution in [0.25, 0.3) is 0 Å². The maximum absolute atomic E-state index is 13.8. The van der Waals surface area contributed by atoms with Gasteiger partial charge in [-0.15, -0.1) is 0 Å². The van der Waals surface area contributed by atoms with Crippen LogP contribution in [-0.2, 0) is 9.59 Å². The van der Waals surface area contributed by atoms with E-state index in [1.165, 1.54) is 0 Å². The number of hydrogen-bond donors (Lipinski definition) is 2. The van der Waals surface area contributed by atoms with Gasteiger partial charge >= 0.3 is 6.03 Å². The van der Waals surface area contributed by atoms with Crippen molar-refractivity contribution in [1.82, 2.24) is 15.1 Å². The molecule has 3 fully saturated rings. The lowest BCUT2D eigenvalue weighted by Gasteiger charge is -2.39. The third-order valence-corrected chi connectivity index (χ3v) is 10.3. The summed E-state index contributed by atoms with van der Waals surface area (Å²) in [6.45, 7) is 8.24. The quantitative estimate of drug-likeness (QED) is 0.354. The van der Waals surface area contributed by atoms with Crippen LogP contribution >= 0.6 is 23.2 Å². The molecule has 2 unspecified atom stereocenters. The van der Waals surface area contributed by atoms with Gasteiger partial charge in [0.25, 0.3) is 0 Å². The van der Waals surface area contributed by atoms with E-state index in [1.54, 1.807) is 13.0 Å². The minimum Gasteiger partial charge on any atom is -0.343 e. The Morgan fingerprint density at radius 3 is 2.23 bits per heavy atom. The number of fused-ring (bicyclic) bond motifs is 2. The van der Waals surface area contributed by atoms with E-state index in [9.17, 15) is 14.4 Å². The fourth-order valence-electron chi connectivity index (χ4n) is 7.02. The molecule has 232 valence electrons. The van der Waals surface area contributed by atoms with Gasteiger partial charge in [-0.1, -0.05) is 29.3 Å². The molecule has 4 amide bonds. The number of urea groups is 1. The number of carbonyl (C=O) groups is 3. The fourth-order valence-corrected chi connectivity index (χ4v) is 7.31. The number of hydrogen-bond acceptors (Lipinski definition) is 4. The molecule has 5 rings (SSSR count). The number of piperidine rings is 2. The average molecular weight is 629 g/mol. The van der Waals surface area contributed by atoms with Gasteiger partial charge in [-0.3, -0.25) is 14.5 Å². The summed E-state index contributed by atoms with van der Waals surface area (Å²) >= 11 is 12.6. The number of anilines is 2. The topological polar surface area (TPSA) is 85.0 Å². The van der Waals surface area contributed by atoms with E-state index in [1.807, 2.05) is 54.0 Å². The molecule has 2 atom stereocenters. The lowest BCUT2D eigenvalue weighted by atomic mass is 9.94. The van der Waals surface area contributed by atoms with Crippen molar-refractivity contribution in [2.75, 3.05) is 36.4 Å². The highest BCUT2D eigenvalue weighted by molar-refractivity contribution is 6.32. The molecular formula is C33H43Cl2N5O3. The minimum absolute atomic E-state index is 0.0685. The molecule has 3 aliphatic heterocycles. The molecule has 0 saturated carbocycles. The highest BCUT2D eigenvalue weighted by atomic mass is 35.5. The van der Waals surface area contributed by atoms with E-state index in [4.69, 9.17) is 23.2 Å². The average Bonchev–Trinajstić information content (AvgIpc) is 3.21. The van der Waals surface area contributed by atoms with Crippen LogP contribution in [0.15, 0.2) is 36.4 Å². The second-order valence-corrected chi connectivity index (χ2v) is 13.2. The van der Waals surface area contributed by atoms with Crippen LogP contribution in [0.5, 0.6) is 0 Å². The summed E-state index contributed by atoms with van der Waals surface area (Å²) in [6, 6.07) is 12.2. The van der Waals surface area contributed by atoms with Crippen molar-refractivity contribution in [3.05, 3.63) is 57.6 Å². The van der Waals surface area contributed by atoms with E-state index in [-0.39, 0.29) is 29.8 Å². The second kappa shape index (κ2) is 13.9. The Kier molecular flexibility index (Phi) is 10.2. The number of benzene rings is 2. The lowest BCUT2D eigenvalue weighted by Crippen LogP contribution is -2.51. The van der Waals surface area contributed by atoms with Gasteiger partial charge in [0.05, 0.1) is 0 Å². The van der Waals surface area contributed by atoms with Crippen LogP contribution in [-0.4, -0.2) is 71.9 Å². The number of carbonyl (C=O) groups excluding carboxylic acids is 3. The summed E-state index contributed by atoms with van der Waals surface area (Å²) in [4.78, 5) is 44.7. The Labute approximate surface area is 265 Å². The molecule has 0 aromatic heterocycles. The SMILES string of the molecule is CC(=O)N1CCC(C(=O)N(CCCN2C3CCC2CC(NC(=O)Nc2ccc(Cl)c(C)c2)C3)c2ccc(C)c(Cl)c2)CC1. The van der Waals surface area contributed by atoms with Crippen molar-refractivity contribution < 1.29 is 14.4 Å². The number of amides is 4. The van der Waals surface area contributed by atoms with Gasteiger partial charge in [0.1, 0.15) is 0 Å². The first-order chi connectivity index (χ1) is 20.6. The molecule has 8 nitrogen and oxygen atoms in total. The summed E-state index contributed by atoms with van der Waals surface area (Å²) in [5.74, 6) is 0.0893. The molecule has 3 heterocycles. The molecular weight excluding hydrogens is 585 g/mol. The lowest BCUT2D eigenvalue weighted by molar-refractivity contribution is -0.133. The number of nitrogens with zero attached hydrogens (tertiary/aromatic N) is 3. The largest absolute Gasteiger partial charge is 0.343 e. The Morgan fingerprint density at radius 2 is 1.60 bits per heavy atom. The van der Waals surface area contributed by atoms with E-state index in [2.05, 4.69) is 15.5 Å². The van der Waals surface area contributed by atoms with Crippen LogP contribution in [0, 0.1) is 19.8 Å². The minimum atomic E-state index is -0.181. The maximum Gasteiger partial charge on any atom is 0.319 e. The predicted molar refractivity (Wildman–Crippen MR) is 173 cm³/mol. The van der Waals surface area contributed by atoms with E-state index < -0.39 is 0 Å². The predicted octanol–water partition coefficient (Wildman–Crippen LogP) is 6.41. The van der Waals surface area contributed by atoms with Crippen molar-refractivity contribution in [3.8, 4) is 0 Å². The van der Waals surface area contributed by atoms with Crippen molar-refractivity contribution >= 4 is 52.4 Å². The summed E-state index contributed by atoms with van der Waals surface area (Å²) in [5, 5.41) is 7.47. The maximum atomic E-state index is 13.8. The van der Waals surface area contributed by atoms with Crippen LogP contribution in [0.2, 0.25) is 10.0 Å². The zero-order valence-corrected chi connectivity index (χ0v) is 26.9. The molecule has 2 aromatic rings. The van der Waals surface area contributed by atoms with Gasteiger partial charge in [-0.2, -0.15) is 0 Å². The van der Waals surface area contributed by atoms with Gasteiger partial charge < -0.3 is 20.4 Å². The third kappa shape index (κ3) is 7.65. The zero-order valence-electron chi connectivity index (χ0n) is 25.4. The highest BCUT2D eigenvalue weighted by Gasteiger charge is 2.41. The van der Waals surface area contributed by atoms with E-state index in [0.717, 1.165) is 61.2 Å². The summed E-state index contributed by atoms with van der Waals surface area (Å²) in [7, 11) is 0. The number of aryl methyl sites for hydroxylation is 2. The Hall–Kier alpha value is -2.81. The van der Waals surface area contributed by atoms with Crippen LogP contribution < -0.4 is 15.5 Å². The van der Waals surface area contributed by atoms with Gasteiger partial charge in [0.15, 0.2) is 0 Å². The molecule has 2 aromatic carbocycles. The molecule has 2 N–H and O–H groups in total. The number of likely N-dealkylation sites (tertiary alicyclic amines) is 1. The Morgan fingerprint density at radius 1 is 0.907 bits per heavy atom. The molecule has 2 bridgehead atoms. The van der Waals surface area contributed by atoms with Gasteiger partial charge in [0, 0.05) is 78.6 Å². The molecule has 3 aliphatic rings. The van der Waals surface area contributed by atoms with E-state index in [0.29, 0.717) is 54.6 Å². The summed E-state index contributed by atoms with van der Waals surface area (Å²) in [5.41, 5.74) is 3.48. The first kappa shape index (κ1) is 31.6. The van der Waals surface area contributed by atoms with Crippen molar-refractivity contribution in [1.29, 1.82) is 0 Å². The van der Waals surface area contributed by atoms with Crippen LogP contribution in [0.3, 0.4) is 0 Å². The van der Waals surface area contributed by atoms with Crippen molar-refractivity contribution in [3.63, 3.8) is 0 Å². The summed E-state index contributed by atoms with van der Waals surface area (Å²) in [6.07, 6.45) is 6.33. The monoisotopic (exact) mass is 627 g/mol. The first-order valence-corrected chi connectivity index (χ1v) is 16.3. The van der Waals surface area contributed by atoms with Crippen molar-refractivity contribution in [2.24, 2.45) is 5.92 Å². The molecule has 3 saturated heterocycles. The number of rotatable bonds is 8. The number of nitrogens with one attached hydrogen (secondary N) is 2. The molecule has 0 aliphatic carbocycles. The number of halogens is 2. The molecule has 43 heavy (non-hydrogen) atoms. The smallest absolute Gasteiger partial charge is 0.319 e. The van der Waals surface area contributed by atoms with Gasteiger partial charge in [-0.05, 0) is 100 Å². The Bertz CT molecular complexity index is 1330. The first-order valence-electron chi connectivity index (χ1n) is 15.5. The normalized spacial score (nSPS) is 22.3. The highest BCUT2D eigenvalue weighted by Crippen LogP contribution is 2.36. The molecule has 0 spiro atoms. The van der Waals surface area contributed by atoms with Gasteiger partial charge in [0.2, 0.25) is 11.8 Å². The van der Waals surface area contributed by atoms with Crippen LogP contribution in [0.4, 0.5) is 16.2 Å². The third-order valence-electron chi connectivity index (χ3n) is 9.46. The zero-order chi connectivity index (χ0) is 30.7. The van der Waals surface area contributed by atoms with Crippen LogP contribution in [0.1, 0.15) is 63.0 Å². The Balaban J connectivity index is 1.16. The van der Waals surface area contributed by atoms with Crippen molar-refractivity contribution in [2.45, 2.75) is 83.8 Å². The summed E-state index contributed by atoms with van der Waals surface area (Å²) < 4.78 is 0. The van der Waals surface area contributed by atoms with Gasteiger partial charge in [-0.25, -0.2) is 4.79 Å². The second-order valence-electron chi connectivity index (χ2n) is 12.4. The standard InChI is InChI=1S/C33H43Cl2N5O3/c1-21-5-7-29(20-31(21)35)40(32(42)24-11-15-38(16-12-24)23(3)41)14-4-13-39-27-8-9-28(39)19-26(18-27)37-33(43)36-25-6-10-30(34)22(2)17-25/h5-7,10,17,20,24,26-28H,4,8-9,11-16,18-19H2,1-3H3,(H2,36,37,43). The van der Waals surface area contributed by atoms with E-state index >= 15 is 0 Å². The molecule has 10 heteroatoms. The fraction of sp³-hybridized carbons (Fsp3) is 0.545. The molecule has 0 radical (unpaired) electrons.